The minimum atomic E-state index is -1.94. The van der Waals surface area contributed by atoms with Gasteiger partial charge in [-0.25, -0.2) is 0 Å². The maximum Gasteiger partial charge on any atom is 0.707 e. The summed E-state index contributed by atoms with van der Waals surface area (Å²) in [5, 5.41) is 20.2. The smallest absolute Gasteiger partial charge is 0.509 e. The van der Waals surface area contributed by atoms with E-state index in [1.54, 1.807) is 0 Å². The first-order chi connectivity index (χ1) is 8.43. The Kier molecular flexibility index (Phi) is 5.00. The molecule has 98 valence electrons. The summed E-state index contributed by atoms with van der Waals surface area (Å²) in [5.74, 6) is 0.160. The molecule has 0 spiro atoms. The Morgan fingerprint density at radius 1 is 1.33 bits per heavy atom. The fraction of sp³-hybridized carbons (Fsp3) is 0.364. The molecular formula is C11H16BNO5. The Morgan fingerprint density at radius 2 is 2.00 bits per heavy atom. The lowest BCUT2D eigenvalue weighted by Gasteiger charge is -2.12. The quantitative estimate of drug-likeness (QED) is 0.651. The van der Waals surface area contributed by atoms with Crippen LogP contribution in [0.3, 0.4) is 0 Å². The summed E-state index contributed by atoms with van der Waals surface area (Å²) in [5.41, 5.74) is 0.403. The molecule has 0 saturated heterocycles. The van der Waals surface area contributed by atoms with E-state index in [4.69, 9.17) is 19.4 Å². The summed E-state index contributed by atoms with van der Waals surface area (Å²) in [4.78, 5) is 11.8. The molecule has 6 nitrogen and oxygen atoms in total. The molecule has 18 heavy (non-hydrogen) atoms. The zero-order chi connectivity index (χ0) is 13.7. The number of carbonyl (C=O) groups is 1. The summed E-state index contributed by atoms with van der Waals surface area (Å²) in [6.45, 7) is 3.71. The molecule has 0 aromatic heterocycles. The largest absolute Gasteiger partial charge is 0.707 e. The Bertz CT molecular complexity index is 422. The van der Waals surface area contributed by atoms with E-state index in [1.807, 2.05) is 13.8 Å². The molecule has 0 fully saturated rings. The van der Waals surface area contributed by atoms with Crippen LogP contribution in [-0.2, 0) is 0 Å². The van der Waals surface area contributed by atoms with Crippen LogP contribution in [0.15, 0.2) is 18.2 Å². The van der Waals surface area contributed by atoms with Crippen LogP contribution in [0.2, 0.25) is 0 Å². The maximum atomic E-state index is 11.8. The van der Waals surface area contributed by atoms with Crippen molar-refractivity contribution in [1.82, 2.24) is 5.32 Å². The SMILES string of the molecule is COc1cc(C(=O)NC(C)C)ccc1OB(O)O. The first kappa shape index (κ1) is 14.3. The fourth-order valence-corrected chi connectivity index (χ4v) is 1.37. The number of benzene rings is 1. The van der Waals surface area contributed by atoms with Crippen LogP contribution in [0.5, 0.6) is 11.5 Å². The van der Waals surface area contributed by atoms with Gasteiger partial charge in [0.15, 0.2) is 5.75 Å². The van der Waals surface area contributed by atoms with Crippen molar-refractivity contribution >= 4 is 13.2 Å². The van der Waals surface area contributed by atoms with Crippen LogP contribution in [0.4, 0.5) is 0 Å². The molecule has 0 heterocycles. The van der Waals surface area contributed by atoms with Crippen LogP contribution in [0.1, 0.15) is 24.2 Å². The first-order valence-corrected chi connectivity index (χ1v) is 5.45. The highest BCUT2D eigenvalue weighted by molar-refractivity contribution is 6.33. The number of carbonyl (C=O) groups excluding carboxylic acids is 1. The van der Waals surface area contributed by atoms with E-state index in [-0.39, 0.29) is 23.4 Å². The highest BCUT2D eigenvalue weighted by Gasteiger charge is 2.17. The summed E-state index contributed by atoms with van der Waals surface area (Å²) < 4.78 is 9.72. The Labute approximate surface area is 106 Å². The van der Waals surface area contributed by atoms with Gasteiger partial charge in [0, 0.05) is 11.6 Å². The molecule has 0 bridgehead atoms. The topological polar surface area (TPSA) is 88.0 Å². The van der Waals surface area contributed by atoms with Gasteiger partial charge >= 0.3 is 7.32 Å². The summed E-state index contributed by atoms with van der Waals surface area (Å²) in [7, 11) is -0.537. The second-order valence-corrected chi connectivity index (χ2v) is 3.94. The number of amides is 1. The number of hydrogen-bond donors (Lipinski definition) is 3. The van der Waals surface area contributed by atoms with Crippen molar-refractivity contribution in [2.75, 3.05) is 7.11 Å². The Hall–Kier alpha value is -1.73. The van der Waals surface area contributed by atoms with E-state index >= 15 is 0 Å². The van der Waals surface area contributed by atoms with E-state index in [1.165, 1.54) is 25.3 Å². The molecule has 3 N–H and O–H groups in total. The number of nitrogens with one attached hydrogen (secondary N) is 1. The molecule has 1 aromatic rings. The first-order valence-electron chi connectivity index (χ1n) is 5.45. The van der Waals surface area contributed by atoms with E-state index in [0.29, 0.717) is 5.56 Å². The zero-order valence-electron chi connectivity index (χ0n) is 10.5. The third-order valence-electron chi connectivity index (χ3n) is 2.08. The number of methoxy groups -OCH3 is 1. The lowest BCUT2D eigenvalue weighted by Crippen LogP contribution is -2.30. The van der Waals surface area contributed by atoms with Gasteiger partial charge in [-0.05, 0) is 32.0 Å². The van der Waals surface area contributed by atoms with Gasteiger partial charge in [-0.3, -0.25) is 4.79 Å². The molecule has 1 aromatic carbocycles. The van der Waals surface area contributed by atoms with Crippen molar-refractivity contribution in [3.8, 4) is 11.5 Å². The van der Waals surface area contributed by atoms with E-state index in [9.17, 15) is 4.79 Å². The van der Waals surface area contributed by atoms with Crippen molar-refractivity contribution in [3.05, 3.63) is 23.8 Å². The fourth-order valence-electron chi connectivity index (χ4n) is 1.37. The second kappa shape index (κ2) is 6.27. The average molecular weight is 253 g/mol. The molecule has 1 rings (SSSR count). The Morgan fingerprint density at radius 3 is 2.50 bits per heavy atom. The predicted octanol–water partition coefficient (Wildman–Crippen LogP) is 0.182. The lowest BCUT2D eigenvalue weighted by molar-refractivity contribution is 0.0943. The average Bonchev–Trinajstić information content (AvgIpc) is 2.27. The zero-order valence-corrected chi connectivity index (χ0v) is 10.5. The monoisotopic (exact) mass is 253 g/mol. The van der Waals surface area contributed by atoms with Crippen LogP contribution in [-0.4, -0.2) is 36.4 Å². The van der Waals surface area contributed by atoms with Gasteiger partial charge in [0.1, 0.15) is 5.75 Å². The van der Waals surface area contributed by atoms with Gasteiger partial charge < -0.3 is 24.8 Å². The standard InChI is InChI=1S/C11H16BNO5/c1-7(2)13-11(14)8-4-5-9(18-12(15)16)10(6-8)17-3/h4-7,15-16H,1-3H3,(H,13,14). The van der Waals surface area contributed by atoms with Crippen molar-refractivity contribution in [1.29, 1.82) is 0 Å². The summed E-state index contributed by atoms with van der Waals surface area (Å²) >= 11 is 0. The number of rotatable bonds is 5. The molecule has 0 aliphatic carbocycles. The molecule has 0 unspecified atom stereocenters. The molecule has 1 amide bonds. The number of ether oxygens (including phenoxy) is 1. The van der Waals surface area contributed by atoms with Crippen LogP contribution < -0.4 is 14.7 Å². The third kappa shape index (κ3) is 3.94. The van der Waals surface area contributed by atoms with Crippen molar-refractivity contribution < 1.29 is 24.2 Å². The summed E-state index contributed by atoms with van der Waals surface area (Å²) in [6.07, 6.45) is 0. The van der Waals surface area contributed by atoms with Gasteiger partial charge in [0.2, 0.25) is 0 Å². The molecule has 0 saturated carbocycles. The van der Waals surface area contributed by atoms with Crippen LogP contribution in [0, 0.1) is 0 Å². The van der Waals surface area contributed by atoms with E-state index in [2.05, 4.69) is 5.32 Å². The highest BCUT2D eigenvalue weighted by Crippen LogP contribution is 2.28. The predicted molar refractivity (Wildman–Crippen MR) is 66.4 cm³/mol. The van der Waals surface area contributed by atoms with Gasteiger partial charge in [-0.15, -0.1) is 0 Å². The Balaban J connectivity index is 2.94. The minimum absolute atomic E-state index is 0.0266. The highest BCUT2D eigenvalue weighted by atomic mass is 16.6. The van der Waals surface area contributed by atoms with E-state index < -0.39 is 7.32 Å². The van der Waals surface area contributed by atoms with Gasteiger partial charge in [0.05, 0.1) is 7.11 Å². The van der Waals surface area contributed by atoms with Crippen molar-refractivity contribution in [3.63, 3.8) is 0 Å². The van der Waals surface area contributed by atoms with Crippen LogP contribution >= 0.6 is 0 Å². The second-order valence-electron chi connectivity index (χ2n) is 3.94. The molecule has 0 radical (unpaired) electrons. The molecule has 0 atom stereocenters. The number of hydrogen-bond acceptors (Lipinski definition) is 5. The third-order valence-corrected chi connectivity index (χ3v) is 2.08. The van der Waals surface area contributed by atoms with Crippen LogP contribution in [0.25, 0.3) is 0 Å². The minimum Gasteiger partial charge on any atom is -0.509 e. The van der Waals surface area contributed by atoms with Gasteiger partial charge in [0.25, 0.3) is 5.91 Å². The summed E-state index contributed by atoms with van der Waals surface area (Å²) in [6, 6.07) is 4.44. The maximum absolute atomic E-state index is 11.8. The van der Waals surface area contributed by atoms with Gasteiger partial charge in [-0.1, -0.05) is 0 Å². The molecule has 0 aliphatic rings. The van der Waals surface area contributed by atoms with Crippen molar-refractivity contribution in [2.24, 2.45) is 0 Å². The van der Waals surface area contributed by atoms with Gasteiger partial charge in [-0.2, -0.15) is 0 Å². The normalized spacial score (nSPS) is 10.1. The van der Waals surface area contributed by atoms with E-state index in [0.717, 1.165) is 0 Å². The molecule has 7 heteroatoms. The van der Waals surface area contributed by atoms with Crippen molar-refractivity contribution in [2.45, 2.75) is 19.9 Å². The lowest BCUT2D eigenvalue weighted by atomic mass is 10.1. The molecular weight excluding hydrogens is 237 g/mol. The molecule has 0 aliphatic heterocycles.